The van der Waals surface area contributed by atoms with Crippen molar-refractivity contribution in [2.45, 2.75) is 123 Å². The summed E-state index contributed by atoms with van der Waals surface area (Å²) in [5, 5.41) is 85.6. The van der Waals surface area contributed by atoms with E-state index < -0.39 is 135 Å². The summed E-state index contributed by atoms with van der Waals surface area (Å²) in [6.07, 6.45) is -21.5. The molecule has 3 aliphatic heterocycles. The van der Waals surface area contributed by atoms with Gasteiger partial charge in [0.2, 0.25) is 5.91 Å². The number of ether oxygens (including phenoxy) is 6. The minimum Gasteiger partial charge on any atom is -0.394 e. The van der Waals surface area contributed by atoms with Crippen LogP contribution in [0.4, 0.5) is 0 Å². The van der Waals surface area contributed by atoms with Crippen molar-refractivity contribution < 1.29 is 74.1 Å². The number of aliphatic hydroxyl groups excluding tert-OH is 8. The number of nitrogens with one attached hydrogen (secondary N) is 1. The highest BCUT2D eigenvalue weighted by Gasteiger charge is 2.54. The molecule has 0 aromatic carbocycles. The predicted molar refractivity (Wildman–Crippen MR) is 149 cm³/mol. The summed E-state index contributed by atoms with van der Waals surface area (Å²) in [6, 6.07) is -4.47. The van der Waals surface area contributed by atoms with Crippen LogP contribution >= 0.6 is 0 Å². The molecule has 0 unspecified atom stereocenters. The minimum absolute atomic E-state index is 0.0410. The first-order valence-corrected chi connectivity index (χ1v) is 15.0. The zero-order chi connectivity index (χ0) is 34.0. The van der Waals surface area contributed by atoms with Gasteiger partial charge in [-0.05, 0) is 6.42 Å². The molecular formula is C25H48N6O15. The van der Waals surface area contributed by atoms with Crippen LogP contribution in [-0.2, 0) is 33.2 Å². The van der Waals surface area contributed by atoms with Crippen molar-refractivity contribution in [2.75, 3.05) is 26.3 Å². The number of amides is 1. The molecule has 268 valence electrons. The first-order valence-electron chi connectivity index (χ1n) is 15.0. The average molecular weight is 673 g/mol. The highest BCUT2D eigenvalue weighted by Crippen LogP contribution is 2.34. The van der Waals surface area contributed by atoms with Gasteiger partial charge in [-0.15, -0.1) is 0 Å². The lowest BCUT2D eigenvalue weighted by atomic mass is 9.84. The second-order valence-corrected chi connectivity index (χ2v) is 12.0. The van der Waals surface area contributed by atoms with Crippen LogP contribution in [0.3, 0.4) is 0 Å². The van der Waals surface area contributed by atoms with Gasteiger partial charge in [0.25, 0.3) is 0 Å². The van der Waals surface area contributed by atoms with Crippen LogP contribution in [0.15, 0.2) is 0 Å². The molecule has 1 saturated carbocycles. The summed E-state index contributed by atoms with van der Waals surface area (Å²) in [6.45, 7) is -1.97. The fraction of sp³-hybridized carbons (Fsp3) is 0.960. The van der Waals surface area contributed by atoms with E-state index in [2.05, 4.69) is 5.32 Å². The molecule has 0 aromatic rings. The van der Waals surface area contributed by atoms with E-state index in [-0.39, 0.29) is 19.5 Å². The third kappa shape index (κ3) is 7.78. The van der Waals surface area contributed by atoms with E-state index in [9.17, 15) is 45.6 Å². The molecule has 0 radical (unpaired) electrons. The summed E-state index contributed by atoms with van der Waals surface area (Å²) in [7, 11) is 0. The zero-order valence-corrected chi connectivity index (χ0v) is 24.8. The van der Waals surface area contributed by atoms with Crippen LogP contribution in [0.5, 0.6) is 0 Å². The molecule has 21 heteroatoms. The Bertz CT molecular complexity index is 992. The first kappa shape index (κ1) is 37.5. The van der Waals surface area contributed by atoms with Crippen molar-refractivity contribution in [1.82, 2.24) is 5.32 Å². The van der Waals surface area contributed by atoms with Crippen LogP contribution < -0.4 is 34.0 Å². The van der Waals surface area contributed by atoms with E-state index >= 15 is 0 Å². The van der Waals surface area contributed by atoms with Gasteiger partial charge >= 0.3 is 0 Å². The highest BCUT2D eigenvalue weighted by atomic mass is 16.8. The zero-order valence-electron chi connectivity index (χ0n) is 24.8. The molecule has 0 bridgehead atoms. The third-order valence-electron chi connectivity index (χ3n) is 8.77. The number of nitrogens with two attached hydrogens (primary N) is 5. The number of rotatable bonds is 11. The van der Waals surface area contributed by atoms with Crippen LogP contribution in [0.1, 0.15) is 6.42 Å². The SMILES string of the molecule is NCC(=O)NC[C@@H]1O[C@H](O[C@H]2[C@@H](O)[C@H](O[C@@H]3[C@@H](O)[C@H](N)C[C@H](N)[C@H]3O[C@H]3O[C@H](CO)[C@@H](O)[C@H](O)[C@H]3N)O[C@@H]2CO)[C@H](N)[C@@H](O)[C@@H]1O. The Kier molecular flexibility index (Phi) is 13.0. The van der Waals surface area contributed by atoms with Gasteiger partial charge in [0.1, 0.15) is 67.1 Å². The van der Waals surface area contributed by atoms with Gasteiger partial charge in [0, 0.05) is 18.6 Å². The normalized spacial score (nSPS) is 50.0. The monoisotopic (exact) mass is 672 g/mol. The highest BCUT2D eigenvalue weighted by molar-refractivity contribution is 5.77. The molecule has 21 nitrogen and oxygen atoms in total. The van der Waals surface area contributed by atoms with Crippen molar-refractivity contribution >= 4 is 5.91 Å². The van der Waals surface area contributed by atoms with Gasteiger partial charge in [-0.25, -0.2) is 0 Å². The Morgan fingerprint density at radius 3 is 1.70 bits per heavy atom. The maximum atomic E-state index is 11.6. The fourth-order valence-corrected chi connectivity index (χ4v) is 5.96. The number of carbonyl (C=O) groups excluding carboxylic acids is 1. The van der Waals surface area contributed by atoms with E-state index in [0.29, 0.717) is 0 Å². The van der Waals surface area contributed by atoms with Gasteiger partial charge in [-0.3, -0.25) is 4.79 Å². The predicted octanol–water partition coefficient (Wildman–Crippen LogP) is -9.75. The van der Waals surface area contributed by atoms with E-state index in [1.165, 1.54) is 0 Å². The van der Waals surface area contributed by atoms with Crippen LogP contribution in [-0.4, -0.2) is 189 Å². The van der Waals surface area contributed by atoms with E-state index in [0.717, 1.165) is 0 Å². The average Bonchev–Trinajstić information content (AvgIpc) is 3.33. The van der Waals surface area contributed by atoms with Gasteiger partial charge in [-0.1, -0.05) is 0 Å². The van der Waals surface area contributed by atoms with E-state index in [1.807, 2.05) is 0 Å². The second-order valence-electron chi connectivity index (χ2n) is 12.0. The summed E-state index contributed by atoms with van der Waals surface area (Å²) in [4.78, 5) is 11.6. The lowest BCUT2D eigenvalue weighted by Gasteiger charge is -2.47. The maximum absolute atomic E-state index is 11.6. The van der Waals surface area contributed by atoms with Crippen molar-refractivity contribution in [3.05, 3.63) is 0 Å². The molecule has 19 N–H and O–H groups in total. The first-order chi connectivity index (χ1) is 21.7. The molecule has 0 aromatic heterocycles. The molecule has 0 spiro atoms. The molecule has 4 fully saturated rings. The maximum Gasteiger partial charge on any atom is 0.233 e. The van der Waals surface area contributed by atoms with E-state index in [4.69, 9.17) is 57.1 Å². The number of aliphatic hydroxyl groups is 8. The van der Waals surface area contributed by atoms with Gasteiger partial charge in [0.15, 0.2) is 18.9 Å². The lowest BCUT2D eigenvalue weighted by molar-refractivity contribution is -0.310. The molecule has 4 aliphatic rings. The van der Waals surface area contributed by atoms with Crippen LogP contribution in [0.2, 0.25) is 0 Å². The van der Waals surface area contributed by atoms with Crippen molar-refractivity contribution in [3.63, 3.8) is 0 Å². The molecule has 4 rings (SSSR count). The molecule has 3 heterocycles. The Morgan fingerprint density at radius 2 is 1.13 bits per heavy atom. The van der Waals surface area contributed by atoms with Crippen molar-refractivity contribution in [2.24, 2.45) is 28.7 Å². The fourth-order valence-electron chi connectivity index (χ4n) is 5.96. The quantitative estimate of drug-likeness (QED) is 0.0968. The Balaban J connectivity index is 1.48. The second kappa shape index (κ2) is 15.9. The standard InChI is InChI=1S/C25H48N6O15/c26-2-11(34)31-3-8-15(36)17(38)12(29)23(41-8)45-21-10(5-33)43-25(19(21)40)46-22-14(35)6(27)1-7(28)20(22)44-24-13(30)18(39)16(37)9(4-32)42-24/h6-10,12-25,32-33,35-40H,1-5,26-30H2,(H,31,34)/t6-,7+,8+,9-,10-,12-,13-,14+,15-,16-,17-,18-,19-,20-,21-,22-,23-,24-,25+/m1/s1. The molecule has 1 amide bonds. The molecule has 19 atom stereocenters. The number of hydrogen-bond acceptors (Lipinski definition) is 20. The van der Waals surface area contributed by atoms with Gasteiger partial charge < -0.3 is 103 Å². The molecular weight excluding hydrogens is 624 g/mol. The lowest BCUT2D eigenvalue weighted by Crippen LogP contribution is -2.68. The smallest absolute Gasteiger partial charge is 0.233 e. The van der Waals surface area contributed by atoms with Crippen LogP contribution in [0, 0.1) is 0 Å². The third-order valence-corrected chi connectivity index (χ3v) is 8.77. The summed E-state index contributed by atoms with van der Waals surface area (Å²) < 4.78 is 34.6. The van der Waals surface area contributed by atoms with Crippen LogP contribution in [0.25, 0.3) is 0 Å². The molecule has 1 aliphatic carbocycles. The van der Waals surface area contributed by atoms with Crippen molar-refractivity contribution in [1.29, 1.82) is 0 Å². The summed E-state index contributed by atoms with van der Waals surface area (Å²) in [5.41, 5.74) is 29.7. The Labute approximate surface area is 263 Å². The Morgan fingerprint density at radius 1 is 0.630 bits per heavy atom. The van der Waals surface area contributed by atoms with Gasteiger partial charge in [-0.2, -0.15) is 0 Å². The van der Waals surface area contributed by atoms with Crippen molar-refractivity contribution in [3.8, 4) is 0 Å². The Hall–Kier alpha value is -1.29. The number of carbonyl (C=O) groups is 1. The molecule has 3 saturated heterocycles. The summed E-state index contributed by atoms with van der Waals surface area (Å²) in [5.74, 6) is -0.553. The number of hydrogen-bond donors (Lipinski definition) is 14. The topological polar surface area (TPSA) is 376 Å². The largest absolute Gasteiger partial charge is 0.394 e. The summed E-state index contributed by atoms with van der Waals surface area (Å²) >= 11 is 0. The minimum atomic E-state index is -1.68. The van der Waals surface area contributed by atoms with Gasteiger partial charge in [0.05, 0.1) is 37.9 Å². The van der Waals surface area contributed by atoms with E-state index in [1.54, 1.807) is 0 Å². The molecule has 46 heavy (non-hydrogen) atoms.